The lowest BCUT2D eigenvalue weighted by Crippen LogP contribution is -2.83. The number of benzene rings is 7. The average Bonchev–Trinajstić information content (AvgIpc) is 3.54. The summed E-state index contributed by atoms with van der Waals surface area (Å²) in [6.07, 6.45) is 4.83. The summed E-state index contributed by atoms with van der Waals surface area (Å²) in [4.78, 5) is 8.27. The molecule has 1 aliphatic carbocycles. The maximum absolute atomic E-state index is 2.82. The second-order valence-electron chi connectivity index (χ2n) is 27.2. The molecule has 0 N–H and O–H groups in total. The Morgan fingerprint density at radius 1 is 0.431 bits per heavy atom. The highest BCUT2D eigenvalue weighted by molar-refractivity contribution is 7.21. The molecule has 12 rings (SSSR count). The van der Waals surface area contributed by atoms with Crippen molar-refractivity contribution in [3.63, 3.8) is 0 Å². The third-order valence-electron chi connectivity index (χ3n) is 18.7. The van der Waals surface area contributed by atoms with E-state index in [1.807, 2.05) is 0 Å². The Labute approximate surface area is 433 Å². The molecular weight excluding hydrogens is 886 g/mol. The van der Waals surface area contributed by atoms with Crippen molar-refractivity contribution < 1.29 is 0 Å². The molecule has 3 nitrogen and oxygen atoms in total. The van der Waals surface area contributed by atoms with Crippen molar-refractivity contribution in [2.45, 2.75) is 162 Å². The Hall–Kier alpha value is -5.78. The van der Waals surface area contributed by atoms with Gasteiger partial charge in [-0.05, 0) is 145 Å². The van der Waals surface area contributed by atoms with Crippen LogP contribution in [0.3, 0.4) is 0 Å². The van der Waals surface area contributed by atoms with Crippen LogP contribution in [0, 0.1) is 0 Å². The summed E-state index contributed by atoms with van der Waals surface area (Å²) in [6.45, 7) is 36.4. The molecule has 7 aromatic rings. The number of para-hydroxylation sites is 1. The normalized spacial score (nSPS) is 20.6. The van der Waals surface area contributed by atoms with Crippen LogP contribution in [-0.4, -0.2) is 20.3 Å². The standard InChI is InChI=1S/C67H76BN3Si/c1-62(2,3)43-27-31-47(32-28-43)69-53-37-45(64(7,8)9)39-57-60(53)68-59-55(69)41-49(71-52-26-20-19-25-51(52)66(13)35-21-22-36-67(66,71)14)42-56(59)70(48-33-29-44(30-34-48)63(4,5)6)54-38-46(65(10,11)12)40-58(61(54)68)72(57,15)50-23-17-16-18-24-50/h16-20,23-34,37-42H,21-22,35-36H2,1-15H3. The summed E-state index contributed by atoms with van der Waals surface area (Å²) < 4.78 is 0. The third-order valence-corrected chi connectivity index (χ3v) is 23.2. The van der Waals surface area contributed by atoms with E-state index >= 15 is 0 Å². The SMILES string of the molecule is CC(C)(C)c1ccc(N2c3cc(N4c5ccccc5C5(C)CCCCC45C)cc4c3B3c5c2cc(C(C)(C)C)cc5[Si](C)(c2ccccc2)c2cc(C(C)(C)C)cc(c23)N4c2ccc(C(C)(C)C)cc2)cc1. The van der Waals surface area contributed by atoms with Gasteiger partial charge in [-0.25, -0.2) is 0 Å². The van der Waals surface area contributed by atoms with E-state index in [0.717, 1.165) is 6.42 Å². The van der Waals surface area contributed by atoms with E-state index in [1.54, 1.807) is 10.4 Å². The summed E-state index contributed by atoms with van der Waals surface area (Å²) in [7, 11) is -2.75. The van der Waals surface area contributed by atoms with Crippen LogP contribution in [0.1, 0.15) is 150 Å². The number of nitrogens with zero attached hydrogens (tertiary/aromatic N) is 3. The molecule has 5 heteroatoms. The molecule has 4 aliphatic heterocycles. The van der Waals surface area contributed by atoms with Crippen LogP contribution in [-0.2, 0) is 27.1 Å². The second kappa shape index (κ2) is 15.4. The molecule has 5 aliphatic rings. The molecule has 366 valence electrons. The highest BCUT2D eigenvalue weighted by Crippen LogP contribution is 2.62. The maximum atomic E-state index is 2.82. The van der Waals surface area contributed by atoms with Gasteiger partial charge in [0.15, 0.2) is 0 Å². The van der Waals surface area contributed by atoms with Crippen LogP contribution in [0.4, 0.5) is 45.5 Å². The van der Waals surface area contributed by atoms with Gasteiger partial charge < -0.3 is 14.7 Å². The maximum Gasteiger partial charge on any atom is 0.251 e. The number of fused-ring (bicyclic) bond motifs is 3. The van der Waals surface area contributed by atoms with Gasteiger partial charge in [0.2, 0.25) is 0 Å². The quantitative estimate of drug-likeness (QED) is 0.163. The molecule has 0 saturated heterocycles. The van der Waals surface area contributed by atoms with Crippen molar-refractivity contribution in [2.75, 3.05) is 14.7 Å². The van der Waals surface area contributed by atoms with E-state index in [0.29, 0.717) is 0 Å². The van der Waals surface area contributed by atoms with Crippen LogP contribution in [0.5, 0.6) is 0 Å². The van der Waals surface area contributed by atoms with Crippen LogP contribution < -0.4 is 46.6 Å². The Bertz CT molecular complexity index is 3190. The van der Waals surface area contributed by atoms with Crippen molar-refractivity contribution in [3.8, 4) is 0 Å². The Morgan fingerprint density at radius 2 is 0.861 bits per heavy atom. The van der Waals surface area contributed by atoms with Crippen molar-refractivity contribution >= 4 is 92.2 Å². The highest BCUT2D eigenvalue weighted by Gasteiger charge is 2.59. The summed E-state index contributed by atoms with van der Waals surface area (Å²) in [5, 5.41) is 4.59. The Kier molecular flexibility index (Phi) is 10.1. The highest BCUT2D eigenvalue weighted by atomic mass is 28.3. The van der Waals surface area contributed by atoms with Gasteiger partial charge in [0, 0.05) is 50.9 Å². The molecule has 1 saturated carbocycles. The molecule has 7 aromatic carbocycles. The van der Waals surface area contributed by atoms with E-state index in [9.17, 15) is 0 Å². The van der Waals surface area contributed by atoms with Gasteiger partial charge in [0.25, 0.3) is 6.71 Å². The molecular formula is C67H76BN3Si. The first-order valence-corrected chi connectivity index (χ1v) is 29.7. The lowest BCUT2D eigenvalue weighted by molar-refractivity contribution is 0.195. The van der Waals surface area contributed by atoms with Crippen LogP contribution in [0.15, 0.2) is 140 Å². The molecule has 0 amide bonds. The molecule has 0 radical (unpaired) electrons. The average molecular weight is 962 g/mol. The molecule has 2 atom stereocenters. The Morgan fingerprint density at radius 3 is 1.33 bits per heavy atom. The fraction of sp³-hybridized carbons (Fsp3) is 0.373. The summed E-state index contributed by atoms with van der Waals surface area (Å²) >= 11 is 0. The minimum Gasteiger partial charge on any atom is -0.334 e. The molecule has 0 aromatic heterocycles. The van der Waals surface area contributed by atoms with E-state index in [-0.39, 0.29) is 39.3 Å². The molecule has 2 unspecified atom stereocenters. The van der Waals surface area contributed by atoms with E-state index in [1.165, 1.54) is 114 Å². The minimum atomic E-state index is -2.75. The minimum absolute atomic E-state index is 0.0159. The molecule has 72 heavy (non-hydrogen) atoms. The monoisotopic (exact) mass is 962 g/mol. The number of rotatable bonds is 4. The first kappa shape index (κ1) is 47.2. The lowest BCUT2D eigenvalue weighted by Gasteiger charge is -2.53. The number of anilines is 8. The summed E-state index contributed by atoms with van der Waals surface area (Å²) in [6, 6.07) is 56.3. The zero-order chi connectivity index (χ0) is 50.9. The Balaban J connectivity index is 1.27. The summed E-state index contributed by atoms with van der Waals surface area (Å²) in [5.41, 5.74) is 21.5. The first-order chi connectivity index (χ1) is 33.9. The summed E-state index contributed by atoms with van der Waals surface area (Å²) in [5.74, 6) is 0. The fourth-order valence-corrected chi connectivity index (χ4v) is 18.4. The van der Waals surface area contributed by atoms with Crippen LogP contribution >= 0.6 is 0 Å². The van der Waals surface area contributed by atoms with E-state index in [2.05, 4.69) is 258 Å². The van der Waals surface area contributed by atoms with E-state index < -0.39 is 8.07 Å². The van der Waals surface area contributed by atoms with Crippen molar-refractivity contribution in [1.29, 1.82) is 0 Å². The van der Waals surface area contributed by atoms with Crippen LogP contribution in [0.2, 0.25) is 6.55 Å². The van der Waals surface area contributed by atoms with Gasteiger partial charge in [0.1, 0.15) is 8.07 Å². The van der Waals surface area contributed by atoms with E-state index in [4.69, 9.17) is 0 Å². The number of hydrogen-bond acceptors (Lipinski definition) is 3. The van der Waals surface area contributed by atoms with Gasteiger partial charge in [-0.1, -0.05) is 205 Å². The topological polar surface area (TPSA) is 9.72 Å². The number of hydrogen-bond donors (Lipinski definition) is 0. The third kappa shape index (κ3) is 6.60. The second-order valence-corrected chi connectivity index (χ2v) is 31.1. The van der Waals surface area contributed by atoms with Crippen LogP contribution in [0.25, 0.3) is 0 Å². The zero-order valence-corrected chi connectivity index (χ0v) is 47.0. The smallest absolute Gasteiger partial charge is 0.251 e. The van der Waals surface area contributed by atoms with Gasteiger partial charge in [-0.15, -0.1) is 0 Å². The lowest BCUT2D eigenvalue weighted by atomic mass is 9.33. The molecule has 0 bridgehead atoms. The zero-order valence-electron chi connectivity index (χ0n) is 46.0. The van der Waals surface area contributed by atoms with Gasteiger partial charge in [-0.2, -0.15) is 0 Å². The fourth-order valence-electron chi connectivity index (χ4n) is 14.1. The van der Waals surface area contributed by atoms with Crippen molar-refractivity contribution in [1.82, 2.24) is 0 Å². The van der Waals surface area contributed by atoms with Gasteiger partial charge >= 0.3 is 0 Å². The van der Waals surface area contributed by atoms with Crippen molar-refractivity contribution in [2.24, 2.45) is 0 Å². The first-order valence-electron chi connectivity index (χ1n) is 27.2. The molecule has 1 fully saturated rings. The predicted octanol–water partition coefficient (Wildman–Crippen LogP) is 14.1. The van der Waals surface area contributed by atoms with Crippen molar-refractivity contribution in [3.05, 3.63) is 167 Å². The van der Waals surface area contributed by atoms with Gasteiger partial charge in [-0.3, -0.25) is 0 Å². The molecule has 4 heterocycles. The van der Waals surface area contributed by atoms with Gasteiger partial charge in [0.05, 0.1) is 5.54 Å². The predicted molar refractivity (Wildman–Crippen MR) is 315 cm³/mol. The molecule has 0 spiro atoms. The largest absolute Gasteiger partial charge is 0.334 e.